The number of halogens is 3. The highest BCUT2D eigenvalue weighted by atomic mass is 19.4. The lowest BCUT2D eigenvalue weighted by molar-refractivity contribution is -0.127. The fourth-order valence-electron chi connectivity index (χ4n) is 4.14. The molecule has 0 saturated carbocycles. The Morgan fingerprint density at radius 2 is 1.79 bits per heavy atom. The molecule has 4 rings (SSSR count). The van der Waals surface area contributed by atoms with Crippen LogP contribution in [0.15, 0.2) is 48.5 Å². The molecule has 0 N–H and O–H groups in total. The Kier molecular flexibility index (Phi) is 6.37. The summed E-state index contributed by atoms with van der Waals surface area (Å²) in [5.74, 6) is -0.837. The topological polar surface area (TPSA) is 66.8 Å². The summed E-state index contributed by atoms with van der Waals surface area (Å²) in [5, 5.41) is 0. The zero-order chi connectivity index (χ0) is 24.5. The number of nitrogens with zero attached hydrogens (tertiary/aromatic N) is 1. The molecule has 9 heteroatoms. The number of hydrogen-bond acceptors (Lipinski definition) is 5. The fraction of sp³-hybridized carbons (Fsp3) is 0.280. The number of para-hydroxylation sites is 1. The normalized spacial score (nSPS) is 12.5. The van der Waals surface area contributed by atoms with E-state index < -0.39 is 24.5 Å². The third kappa shape index (κ3) is 4.64. The molecule has 2 heterocycles. The molecular weight excluding hydrogens is 451 g/mol. The summed E-state index contributed by atoms with van der Waals surface area (Å²) in [4.78, 5) is 25.4. The lowest BCUT2D eigenvalue weighted by Crippen LogP contribution is -2.19. The van der Waals surface area contributed by atoms with Gasteiger partial charge in [-0.05, 0) is 54.8 Å². The second-order valence-electron chi connectivity index (χ2n) is 7.73. The average molecular weight is 473 g/mol. The molecule has 1 aliphatic rings. The number of methoxy groups -OCH3 is 1. The van der Waals surface area contributed by atoms with Gasteiger partial charge in [-0.2, -0.15) is 13.2 Å². The molecule has 0 atom stereocenters. The highest BCUT2D eigenvalue weighted by Crippen LogP contribution is 2.40. The Balaban J connectivity index is 1.85. The van der Waals surface area contributed by atoms with Crippen molar-refractivity contribution < 1.29 is 37.0 Å². The van der Waals surface area contributed by atoms with Crippen molar-refractivity contribution in [3.63, 3.8) is 0 Å². The molecule has 1 aliphatic heterocycles. The number of aryl methyl sites for hydroxylation is 1. The summed E-state index contributed by atoms with van der Waals surface area (Å²) in [7, 11) is 1.40. The second kappa shape index (κ2) is 9.24. The van der Waals surface area contributed by atoms with Gasteiger partial charge < -0.3 is 18.8 Å². The standard InChI is InChI=1S/C25H22F3NO5/c1-3-33-24(31)20-11-16(14-25(26,27)28)22-18-13-19(23(30)34-17-7-5-4-6-8-17)21(32-2)12-15(18)9-10-29(20)22/h4-8,11-13H,3,9-10,14H2,1-2H3. The molecule has 1 aromatic heterocycles. The van der Waals surface area contributed by atoms with Gasteiger partial charge in [0.25, 0.3) is 0 Å². The van der Waals surface area contributed by atoms with E-state index in [4.69, 9.17) is 14.2 Å². The molecule has 0 amide bonds. The Bertz CT molecular complexity index is 1230. The van der Waals surface area contributed by atoms with E-state index >= 15 is 0 Å². The second-order valence-corrected chi connectivity index (χ2v) is 7.73. The minimum absolute atomic E-state index is 0.0472. The number of benzene rings is 2. The van der Waals surface area contributed by atoms with E-state index in [0.717, 1.165) is 0 Å². The molecule has 2 aromatic carbocycles. The Labute approximate surface area is 193 Å². The van der Waals surface area contributed by atoms with Gasteiger partial charge in [-0.25, -0.2) is 9.59 Å². The molecule has 0 radical (unpaired) electrons. The highest BCUT2D eigenvalue weighted by Gasteiger charge is 2.35. The minimum Gasteiger partial charge on any atom is -0.496 e. The summed E-state index contributed by atoms with van der Waals surface area (Å²) in [6.45, 7) is 2.00. The quantitative estimate of drug-likeness (QED) is 0.363. The van der Waals surface area contributed by atoms with E-state index in [9.17, 15) is 22.8 Å². The largest absolute Gasteiger partial charge is 0.496 e. The third-order valence-electron chi connectivity index (χ3n) is 5.51. The molecule has 0 fully saturated rings. The first-order chi connectivity index (χ1) is 16.2. The van der Waals surface area contributed by atoms with Crippen molar-refractivity contribution in [2.45, 2.75) is 32.5 Å². The van der Waals surface area contributed by atoms with Crippen molar-refractivity contribution in [3.8, 4) is 22.8 Å². The lowest BCUT2D eigenvalue weighted by Gasteiger charge is -2.24. The Morgan fingerprint density at radius 1 is 1.06 bits per heavy atom. The molecule has 0 unspecified atom stereocenters. The Morgan fingerprint density at radius 3 is 2.44 bits per heavy atom. The van der Waals surface area contributed by atoms with Crippen LogP contribution in [-0.4, -0.2) is 36.4 Å². The van der Waals surface area contributed by atoms with Gasteiger partial charge in [-0.1, -0.05) is 18.2 Å². The van der Waals surface area contributed by atoms with Crippen LogP contribution in [0.2, 0.25) is 0 Å². The van der Waals surface area contributed by atoms with Gasteiger partial charge in [0, 0.05) is 12.1 Å². The van der Waals surface area contributed by atoms with Crippen LogP contribution in [0.4, 0.5) is 13.2 Å². The molecule has 3 aromatic rings. The summed E-state index contributed by atoms with van der Waals surface area (Å²) in [6.07, 6.45) is -5.29. The van der Waals surface area contributed by atoms with Crippen LogP contribution in [0.3, 0.4) is 0 Å². The van der Waals surface area contributed by atoms with Crippen molar-refractivity contribution in [3.05, 3.63) is 70.9 Å². The first kappa shape index (κ1) is 23.4. The number of aromatic nitrogens is 1. The van der Waals surface area contributed by atoms with E-state index in [1.807, 2.05) is 0 Å². The summed E-state index contributed by atoms with van der Waals surface area (Å²) in [5.41, 5.74) is 1.41. The predicted octanol–water partition coefficient (Wildman–Crippen LogP) is 5.22. The van der Waals surface area contributed by atoms with E-state index in [2.05, 4.69) is 0 Å². The maximum Gasteiger partial charge on any atom is 0.393 e. The van der Waals surface area contributed by atoms with Crippen molar-refractivity contribution in [1.29, 1.82) is 0 Å². The zero-order valence-electron chi connectivity index (χ0n) is 18.6. The summed E-state index contributed by atoms with van der Waals surface area (Å²) < 4.78 is 57.6. The number of esters is 2. The van der Waals surface area contributed by atoms with Crippen molar-refractivity contribution in [2.75, 3.05) is 13.7 Å². The lowest BCUT2D eigenvalue weighted by atomic mass is 9.93. The molecule has 6 nitrogen and oxygen atoms in total. The number of carbonyl (C=O) groups excluding carboxylic acids is 2. The monoisotopic (exact) mass is 473 g/mol. The smallest absolute Gasteiger partial charge is 0.393 e. The predicted molar refractivity (Wildman–Crippen MR) is 117 cm³/mol. The number of fused-ring (bicyclic) bond motifs is 3. The zero-order valence-corrected chi connectivity index (χ0v) is 18.6. The minimum atomic E-state index is -4.49. The maximum atomic E-state index is 13.4. The molecule has 178 valence electrons. The summed E-state index contributed by atoms with van der Waals surface area (Å²) >= 11 is 0. The average Bonchev–Trinajstić information content (AvgIpc) is 3.16. The number of ether oxygens (including phenoxy) is 3. The van der Waals surface area contributed by atoms with Crippen LogP contribution in [-0.2, 0) is 24.1 Å². The van der Waals surface area contributed by atoms with Gasteiger partial charge in [0.1, 0.15) is 22.8 Å². The van der Waals surface area contributed by atoms with Gasteiger partial charge >= 0.3 is 18.1 Å². The van der Waals surface area contributed by atoms with Gasteiger partial charge in [-0.15, -0.1) is 0 Å². The van der Waals surface area contributed by atoms with Crippen molar-refractivity contribution >= 4 is 11.9 Å². The SMILES string of the molecule is CCOC(=O)c1cc(CC(F)(F)F)c2n1CCc1cc(OC)c(C(=O)Oc3ccccc3)cc1-2. The van der Waals surface area contributed by atoms with Crippen molar-refractivity contribution in [1.82, 2.24) is 4.57 Å². The fourth-order valence-corrected chi connectivity index (χ4v) is 4.14. The number of rotatable bonds is 6. The maximum absolute atomic E-state index is 13.4. The van der Waals surface area contributed by atoms with Crippen molar-refractivity contribution in [2.24, 2.45) is 0 Å². The van der Waals surface area contributed by atoms with Gasteiger partial charge in [0.2, 0.25) is 0 Å². The van der Waals surface area contributed by atoms with Crippen LogP contribution in [0.5, 0.6) is 11.5 Å². The molecule has 0 aliphatic carbocycles. The van der Waals surface area contributed by atoms with E-state index in [1.54, 1.807) is 43.3 Å². The van der Waals surface area contributed by atoms with Crippen LogP contribution in [0.1, 0.15) is 38.9 Å². The Hall–Kier alpha value is -3.75. The number of carbonyl (C=O) groups is 2. The number of hydrogen-bond donors (Lipinski definition) is 0. The first-order valence-corrected chi connectivity index (χ1v) is 10.7. The van der Waals surface area contributed by atoms with Crippen LogP contribution in [0, 0.1) is 0 Å². The highest BCUT2D eigenvalue weighted by molar-refractivity contribution is 5.97. The molecule has 34 heavy (non-hydrogen) atoms. The molecular formula is C25H22F3NO5. The first-order valence-electron chi connectivity index (χ1n) is 10.7. The van der Waals surface area contributed by atoms with Gasteiger partial charge in [-0.3, -0.25) is 0 Å². The molecule has 0 spiro atoms. The van der Waals surface area contributed by atoms with Crippen LogP contribution < -0.4 is 9.47 Å². The number of alkyl halides is 3. The van der Waals surface area contributed by atoms with E-state index in [-0.39, 0.29) is 41.4 Å². The van der Waals surface area contributed by atoms with Crippen LogP contribution in [0.25, 0.3) is 11.3 Å². The molecule has 0 bridgehead atoms. The third-order valence-corrected chi connectivity index (χ3v) is 5.51. The summed E-state index contributed by atoms with van der Waals surface area (Å²) in [6, 6.07) is 12.7. The van der Waals surface area contributed by atoms with Gasteiger partial charge in [0.05, 0.1) is 25.8 Å². The van der Waals surface area contributed by atoms with E-state index in [0.29, 0.717) is 23.3 Å². The van der Waals surface area contributed by atoms with Gasteiger partial charge in [0.15, 0.2) is 0 Å². The van der Waals surface area contributed by atoms with E-state index in [1.165, 1.54) is 23.8 Å². The molecule has 0 saturated heterocycles. The van der Waals surface area contributed by atoms with Crippen LogP contribution >= 0.6 is 0 Å².